The Kier molecular flexibility index (Phi) is 5.20. The van der Waals surface area contributed by atoms with Crippen molar-refractivity contribution in [1.29, 1.82) is 0 Å². The molecule has 3 N–H and O–H groups in total. The second kappa shape index (κ2) is 8.05. The second-order valence-corrected chi connectivity index (χ2v) is 10.4. The molecule has 2 heterocycles. The SMILES string of the molecule is Cc1nn(-c2ccccc2)c2sc(C(=O)NNc3ccc(S(=O)(=O)NC4CC4)cc3)cc12. The summed E-state index contributed by atoms with van der Waals surface area (Å²) in [7, 11) is -3.50. The van der Waals surface area contributed by atoms with Gasteiger partial charge in [-0.15, -0.1) is 11.3 Å². The van der Waals surface area contributed by atoms with Gasteiger partial charge in [-0.1, -0.05) is 18.2 Å². The molecule has 0 saturated heterocycles. The number of para-hydroxylation sites is 1. The zero-order valence-corrected chi connectivity index (χ0v) is 18.8. The van der Waals surface area contributed by atoms with Gasteiger partial charge in [0.1, 0.15) is 4.83 Å². The fraction of sp³-hybridized carbons (Fsp3) is 0.182. The first-order valence-corrected chi connectivity index (χ1v) is 12.4. The van der Waals surface area contributed by atoms with E-state index in [1.165, 1.54) is 23.5 Å². The summed E-state index contributed by atoms with van der Waals surface area (Å²) in [6, 6.07) is 17.9. The van der Waals surface area contributed by atoms with Crippen molar-refractivity contribution < 1.29 is 13.2 Å². The lowest BCUT2D eigenvalue weighted by molar-refractivity contribution is 0.0966. The van der Waals surface area contributed by atoms with E-state index >= 15 is 0 Å². The minimum absolute atomic E-state index is 0.0519. The maximum atomic E-state index is 12.7. The summed E-state index contributed by atoms with van der Waals surface area (Å²) in [5, 5.41) is 5.52. The van der Waals surface area contributed by atoms with Gasteiger partial charge in [0, 0.05) is 11.4 Å². The van der Waals surface area contributed by atoms with Gasteiger partial charge in [0.2, 0.25) is 10.0 Å². The van der Waals surface area contributed by atoms with E-state index in [1.54, 1.807) is 12.1 Å². The Morgan fingerprint density at radius 3 is 2.50 bits per heavy atom. The summed E-state index contributed by atoms with van der Waals surface area (Å²) in [4.78, 5) is 14.3. The molecule has 0 unspecified atom stereocenters. The number of nitrogens with one attached hydrogen (secondary N) is 3. The number of fused-ring (bicyclic) bond motifs is 1. The van der Waals surface area contributed by atoms with E-state index in [0.29, 0.717) is 10.6 Å². The number of sulfonamides is 1. The average molecular weight is 468 g/mol. The van der Waals surface area contributed by atoms with Crippen molar-refractivity contribution in [3.8, 4) is 5.69 Å². The fourth-order valence-electron chi connectivity index (χ4n) is 3.30. The van der Waals surface area contributed by atoms with Gasteiger partial charge in [-0.05, 0) is 62.2 Å². The predicted octanol–water partition coefficient (Wildman–Crippen LogP) is 3.59. The first-order chi connectivity index (χ1) is 15.4. The molecule has 1 aliphatic carbocycles. The van der Waals surface area contributed by atoms with Crippen LogP contribution in [0.5, 0.6) is 0 Å². The van der Waals surface area contributed by atoms with Gasteiger partial charge in [-0.3, -0.25) is 15.6 Å². The van der Waals surface area contributed by atoms with Crippen LogP contribution in [0.15, 0.2) is 65.6 Å². The molecule has 0 bridgehead atoms. The summed E-state index contributed by atoms with van der Waals surface area (Å²) in [6.07, 6.45) is 1.76. The van der Waals surface area contributed by atoms with Crippen molar-refractivity contribution in [3.05, 3.63) is 71.2 Å². The van der Waals surface area contributed by atoms with E-state index in [2.05, 4.69) is 20.7 Å². The Hall–Kier alpha value is -3.21. The molecule has 0 aliphatic heterocycles. The van der Waals surface area contributed by atoms with Crippen molar-refractivity contribution >= 4 is 43.2 Å². The Morgan fingerprint density at radius 2 is 1.81 bits per heavy atom. The number of anilines is 1. The molecule has 2 aromatic carbocycles. The van der Waals surface area contributed by atoms with Crippen molar-refractivity contribution in [2.45, 2.75) is 30.7 Å². The molecule has 5 rings (SSSR count). The number of amides is 1. The third kappa shape index (κ3) is 4.12. The van der Waals surface area contributed by atoms with Gasteiger partial charge in [-0.2, -0.15) is 5.10 Å². The Labute approximate surface area is 189 Å². The van der Waals surface area contributed by atoms with Crippen LogP contribution in [0, 0.1) is 6.92 Å². The van der Waals surface area contributed by atoms with Crippen molar-refractivity contribution in [1.82, 2.24) is 19.9 Å². The van der Waals surface area contributed by atoms with Crippen LogP contribution in [-0.4, -0.2) is 30.1 Å². The number of nitrogens with zero attached hydrogens (tertiary/aromatic N) is 2. The molecule has 8 nitrogen and oxygen atoms in total. The highest BCUT2D eigenvalue weighted by Crippen LogP contribution is 2.30. The summed E-state index contributed by atoms with van der Waals surface area (Å²) < 4.78 is 29.0. The molecule has 0 radical (unpaired) electrons. The van der Waals surface area contributed by atoms with Crippen LogP contribution in [0.4, 0.5) is 5.69 Å². The quantitative estimate of drug-likeness (QED) is 0.360. The smallest absolute Gasteiger partial charge is 0.279 e. The highest BCUT2D eigenvalue weighted by molar-refractivity contribution is 7.89. The molecule has 1 saturated carbocycles. The molecule has 164 valence electrons. The monoisotopic (exact) mass is 467 g/mol. The number of aryl methyl sites for hydroxylation is 1. The molecule has 1 amide bonds. The molecule has 1 aliphatic rings. The lowest BCUT2D eigenvalue weighted by Crippen LogP contribution is -2.29. The van der Waals surface area contributed by atoms with Gasteiger partial charge < -0.3 is 0 Å². The Bertz CT molecular complexity index is 1390. The van der Waals surface area contributed by atoms with Gasteiger partial charge in [0.25, 0.3) is 5.91 Å². The van der Waals surface area contributed by atoms with Crippen LogP contribution in [0.1, 0.15) is 28.2 Å². The highest BCUT2D eigenvalue weighted by Gasteiger charge is 2.27. The highest BCUT2D eigenvalue weighted by atomic mass is 32.2. The summed E-state index contributed by atoms with van der Waals surface area (Å²) in [6.45, 7) is 1.92. The second-order valence-electron chi connectivity index (χ2n) is 7.66. The topological polar surface area (TPSA) is 105 Å². The molecule has 0 spiro atoms. The zero-order chi connectivity index (χ0) is 22.3. The molecule has 0 atom stereocenters. The minimum Gasteiger partial charge on any atom is -0.298 e. The lowest BCUT2D eigenvalue weighted by Gasteiger charge is -2.09. The van der Waals surface area contributed by atoms with E-state index in [4.69, 9.17) is 0 Å². The van der Waals surface area contributed by atoms with Crippen LogP contribution in [0.25, 0.3) is 15.9 Å². The van der Waals surface area contributed by atoms with Crippen LogP contribution in [-0.2, 0) is 10.0 Å². The largest absolute Gasteiger partial charge is 0.298 e. The van der Waals surface area contributed by atoms with E-state index < -0.39 is 10.0 Å². The van der Waals surface area contributed by atoms with Gasteiger partial charge >= 0.3 is 0 Å². The predicted molar refractivity (Wildman–Crippen MR) is 125 cm³/mol. The first-order valence-electron chi connectivity index (χ1n) is 10.1. The Balaban J connectivity index is 1.29. The number of carbonyl (C=O) groups excluding carboxylic acids is 1. The fourth-order valence-corrected chi connectivity index (χ4v) is 5.68. The average Bonchev–Trinajstić information content (AvgIpc) is 3.39. The van der Waals surface area contributed by atoms with Crippen molar-refractivity contribution in [3.63, 3.8) is 0 Å². The third-order valence-electron chi connectivity index (χ3n) is 5.15. The third-order valence-corrected chi connectivity index (χ3v) is 7.80. The number of hydrogen-bond donors (Lipinski definition) is 3. The number of aromatic nitrogens is 2. The van der Waals surface area contributed by atoms with Gasteiger partial charge in [0.05, 0.1) is 26.8 Å². The van der Waals surface area contributed by atoms with E-state index in [0.717, 1.165) is 34.4 Å². The maximum Gasteiger partial charge on any atom is 0.279 e. The van der Waals surface area contributed by atoms with Crippen LogP contribution < -0.4 is 15.6 Å². The summed E-state index contributed by atoms with van der Waals surface area (Å²) in [5.74, 6) is -0.280. The molecular formula is C22H21N5O3S2. The van der Waals surface area contributed by atoms with Gasteiger partial charge in [-0.25, -0.2) is 17.8 Å². The Morgan fingerprint density at radius 1 is 1.09 bits per heavy atom. The molecule has 32 heavy (non-hydrogen) atoms. The molecule has 10 heteroatoms. The van der Waals surface area contributed by atoms with E-state index in [9.17, 15) is 13.2 Å². The number of hydrogen-bond acceptors (Lipinski definition) is 6. The normalized spacial score (nSPS) is 13.9. The molecule has 4 aromatic rings. The number of rotatable bonds is 7. The number of hydrazine groups is 1. The number of thiophene rings is 1. The van der Waals surface area contributed by atoms with E-state index in [1.807, 2.05) is 48.0 Å². The number of carbonyl (C=O) groups is 1. The van der Waals surface area contributed by atoms with E-state index in [-0.39, 0.29) is 16.8 Å². The lowest BCUT2D eigenvalue weighted by atomic mass is 10.3. The standard InChI is InChI=1S/C22H21N5O3S2/c1-14-19-13-20(31-22(19)27(25-14)17-5-3-2-4-6-17)21(28)24-23-15-9-11-18(12-10-15)32(29,30)26-16-7-8-16/h2-6,9-13,16,23,26H,7-8H2,1H3,(H,24,28). The van der Waals surface area contributed by atoms with Crippen LogP contribution >= 0.6 is 11.3 Å². The van der Waals surface area contributed by atoms with Crippen molar-refractivity contribution in [2.75, 3.05) is 5.43 Å². The maximum absolute atomic E-state index is 12.7. The van der Waals surface area contributed by atoms with Crippen molar-refractivity contribution in [2.24, 2.45) is 0 Å². The minimum atomic E-state index is -3.50. The van der Waals surface area contributed by atoms with Crippen LogP contribution in [0.2, 0.25) is 0 Å². The molecule has 1 fully saturated rings. The van der Waals surface area contributed by atoms with Crippen LogP contribution in [0.3, 0.4) is 0 Å². The zero-order valence-electron chi connectivity index (χ0n) is 17.2. The number of benzene rings is 2. The summed E-state index contributed by atoms with van der Waals surface area (Å²) >= 11 is 1.36. The van der Waals surface area contributed by atoms with Gasteiger partial charge in [0.15, 0.2) is 0 Å². The molecular weight excluding hydrogens is 446 g/mol. The first kappa shape index (κ1) is 20.7. The molecule has 2 aromatic heterocycles. The summed E-state index contributed by atoms with van der Waals surface area (Å²) in [5.41, 5.74) is 7.88.